The van der Waals surface area contributed by atoms with Crippen molar-refractivity contribution in [2.45, 2.75) is 12.8 Å². The lowest BCUT2D eigenvalue weighted by Crippen LogP contribution is -2.30. The Hall–Kier alpha value is -3.15. The molecule has 1 saturated heterocycles. The number of nitrogens with one attached hydrogen (secondary N) is 1. The first kappa shape index (κ1) is 23.5. The first-order chi connectivity index (χ1) is 14.9. The van der Waals surface area contributed by atoms with Crippen LogP contribution in [0.3, 0.4) is 0 Å². The number of carbonyl (C=O) groups is 1. The molecular formula is C20H24ClFN8O2. The molecule has 1 N–H and O–H groups in total. The van der Waals surface area contributed by atoms with Crippen LogP contribution in [0.5, 0.6) is 0 Å². The van der Waals surface area contributed by atoms with Gasteiger partial charge in [0, 0.05) is 23.9 Å². The topological polar surface area (TPSA) is 101 Å². The second kappa shape index (κ2) is 9.98. The molecule has 0 aliphatic carbocycles. The average Bonchev–Trinajstić information content (AvgIpc) is 3.39. The van der Waals surface area contributed by atoms with E-state index in [0.717, 1.165) is 6.54 Å². The summed E-state index contributed by atoms with van der Waals surface area (Å²) in [6, 6.07) is 8.11. The number of benzene rings is 1. The standard InChI is InChI=1S/C20H23FN8O2.ClH/c1-22-18-12-28(20(30)31-18)14-5-6-15(16(21)10-14)13-4-7-17(23-11-13)19-24-26-29(25-19)9-8-27(2)3;/h4-7,10-11,18,22H,8-9,12H2,1-3H3;1H/t18-;/m1./s1. The summed E-state index contributed by atoms with van der Waals surface area (Å²) in [6.45, 7) is 1.73. The smallest absolute Gasteiger partial charge is 0.416 e. The van der Waals surface area contributed by atoms with Crippen LogP contribution in [-0.4, -0.2) is 76.6 Å². The van der Waals surface area contributed by atoms with Gasteiger partial charge in [0.2, 0.25) is 5.82 Å². The molecule has 32 heavy (non-hydrogen) atoms. The van der Waals surface area contributed by atoms with Crippen molar-refractivity contribution < 1.29 is 13.9 Å². The average molecular weight is 463 g/mol. The van der Waals surface area contributed by atoms with Crippen molar-refractivity contribution in [3.63, 3.8) is 0 Å². The van der Waals surface area contributed by atoms with E-state index in [-0.39, 0.29) is 12.4 Å². The number of cyclic esters (lactones) is 1. The largest absolute Gasteiger partial charge is 0.428 e. The minimum atomic E-state index is -0.511. The van der Waals surface area contributed by atoms with Crippen molar-refractivity contribution in [1.29, 1.82) is 0 Å². The maximum absolute atomic E-state index is 14.8. The highest BCUT2D eigenvalue weighted by atomic mass is 35.5. The summed E-state index contributed by atoms with van der Waals surface area (Å²) in [4.78, 5) is 21.3. The highest BCUT2D eigenvalue weighted by molar-refractivity contribution is 5.90. The zero-order chi connectivity index (χ0) is 22.0. The Labute approximate surface area is 190 Å². The molecule has 1 atom stereocenters. The minimum Gasteiger partial charge on any atom is -0.428 e. The third kappa shape index (κ3) is 5.01. The van der Waals surface area contributed by atoms with Crippen molar-refractivity contribution in [3.8, 4) is 22.6 Å². The van der Waals surface area contributed by atoms with Gasteiger partial charge in [-0.25, -0.2) is 9.18 Å². The first-order valence-electron chi connectivity index (χ1n) is 9.79. The van der Waals surface area contributed by atoms with Gasteiger partial charge in [-0.05, 0) is 50.6 Å². The molecule has 170 valence electrons. The number of ether oxygens (including phenoxy) is 1. The molecule has 1 aliphatic heterocycles. The lowest BCUT2D eigenvalue weighted by Gasteiger charge is -2.14. The molecule has 3 heterocycles. The van der Waals surface area contributed by atoms with Crippen LogP contribution >= 0.6 is 12.4 Å². The van der Waals surface area contributed by atoms with Gasteiger partial charge in [0.15, 0.2) is 6.23 Å². The third-order valence-electron chi connectivity index (χ3n) is 4.90. The Kier molecular flexibility index (Phi) is 7.33. The van der Waals surface area contributed by atoms with Crippen LogP contribution in [0.25, 0.3) is 22.6 Å². The Morgan fingerprint density at radius 2 is 2.09 bits per heavy atom. The molecule has 1 amide bonds. The quantitative estimate of drug-likeness (QED) is 0.569. The number of halogens is 2. The number of nitrogens with zero attached hydrogens (tertiary/aromatic N) is 7. The first-order valence-corrected chi connectivity index (χ1v) is 9.79. The van der Waals surface area contributed by atoms with E-state index >= 15 is 0 Å². The van der Waals surface area contributed by atoms with Crippen molar-refractivity contribution in [1.82, 2.24) is 35.4 Å². The van der Waals surface area contributed by atoms with Gasteiger partial charge < -0.3 is 9.64 Å². The summed E-state index contributed by atoms with van der Waals surface area (Å²) in [5, 5.41) is 15.3. The molecular weight excluding hydrogens is 439 g/mol. The van der Waals surface area contributed by atoms with E-state index in [2.05, 4.69) is 25.7 Å². The number of rotatable bonds is 7. The van der Waals surface area contributed by atoms with E-state index in [4.69, 9.17) is 4.74 Å². The molecule has 10 nitrogen and oxygen atoms in total. The molecule has 2 aromatic heterocycles. The van der Waals surface area contributed by atoms with Crippen molar-refractivity contribution in [3.05, 3.63) is 42.3 Å². The minimum absolute atomic E-state index is 0. The van der Waals surface area contributed by atoms with Crippen LogP contribution in [0.4, 0.5) is 14.9 Å². The number of pyridine rings is 1. The van der Waals surface area contributed by atoms with Gasteiger partial charge >= 0.3 is 6.09 Å². The highest BCUT2D eigenvalue weighted by Gasteiger charge is 2.31. The molecule has 0 spiro atoms. The van der Waals surface area contributed by atoms with E-state index in [9.17, 15) is 9.18 Å². The van der Waals surface area contributed by atoms with Crippen LogP contribution < -0.4 is 10.2 Å². The molecule has 3 aromatic rings. The maximum atomic E-state index is 14.8. The lowest BCUT2D eigenvalue weighted by molar-refractivity contribution is 0.128. The van der Waals surface area contributed by atoms with Crippen LogP contribution in [0, 0.1) is 5.82 Å². The van der Waals surface area contributed by atoms with Crippen molar-refractivity contribution in [2.75, 3.05) is 39.1 Å². The summed E-state index contributed by atoms with van der Waals surface area (Å²) in [5.74, 6) is -0.0479. The third-order valence-corrected chi connectivity index (χ3v) is 4.90. The zero-order valence-electron chi connectivity index (χ0n) is 17.9. The summed E-state index contributed by atoms with van der Waals surface area (Å²) >= 11 is 0. The van der Waals surface area contributed by atoms with E-state index in [1.54, 1.807) is 37.5 Å². The monoisotopic (exact) mass is 462 g/mol. The molecule has 1 fully saturated rings. The number of anilines is 1. The fourth-order valence-corrected chi connectivity index (χ4v) is 3.15. The number of amides is 1. The Balaban J connectivity index is 0.00000289. The van der Waals surface area contributed by atoms with Crippen LogP contribution in [-0.2, 0) is 11.3 Å². The normalized spacial score (nSPS) is 15.7. The van der Waals surface area contributed by atoms with Crippen LogP contribution in [0.15, 0.2) is 36.5 Å². The maximum Gasteiger partial charge on any atom is 0.416 e. The van der Waals surface area contributed by atoms with Gasteiger partial charge in [0.05, 0.1) is 18.8 Å². The number of tetrazole rings is 1. The predicted molar refractivity (Wildman–Crippen MR) is 119 cm³/mol. The van der Waals surface area contributed by atoms with Crippen molar-refractivity contribution >= 4 is 24.2 Å². The highest BCUT2D eigenvalue weighted by Crippen LogP contribution is 2.29. The van der Waals surface area contributed by atoms with Gasteiger partial charge in [-0.3, -0.25) is 15.2 Å². The summed E-state index contributed by atoms with van der Waals surface area (Å²) < 4.78 is 19.9. The summed E-state index contributed by atoms with van der Waals surface area (Å²) in [6.07, 6.45) is 0.639. The SMILES string of the molecule is CN[C@H]1CN(c2ccc(-c3ccc(-c4nnn(CCN(C)C)n4)nc3)c(F)c2)C(=O)O1.Cl. The fraction of sp³-hybridized carbons (Fsp3) is 0.350. The molecule has 0 saturated carbocycles. The molecule has 4 rings (SSSR count). The Bertz CT molecular complexity index is 1080. The van der Waals surface area contributed by atoms with Gasteiger partial charge in [-0.1, -0.05) is 6.07 Å². The van der Waals surface area contributed by atoms with Gasteiger partial charge in [-0.15, -0.1) is 22.6 Å². The molecule has 1 aliphatic rings. The summed E-state index contributed by atoms with van der Waals surface area (Å²) in [7, 11) is 5.64. The second-order valence-electron chi connectivity index (χ2n) is 7.38. The van der Waals surface area contributed by atoms with E-state index < -0.39 is 18.1 Å². The van der Waals surface area contributed by atoms with Crippen molar-refractivity contribution in [2.24, 2.45) is 0 Å². The Morgan fingerprint density at radius 3 is 2.72 bits per heavy atom. The Morgan fingerprint density at radius 1 is 1.28 bits per heavy atom. The number of aromatic nitrogens is 5. The number of hydrogen-bond acceptors (Lipinski definition) is 8. The van der Waals surface area contributed by atoms with Crippen LogP contribution in [0.1, 0.15) is 0 Å². The fourth-order valence-electron chi connectivity index (χ4n) is 3.15. The second-order valence-corrected chi connectivity index (χ2v) is 7.38. The van der Waals surface area contributed by atoms with E-state index in [0.29, 0.717) is 41.4 Å². The molecule has 0 radical (unpaired) electrons. The molecule has 0 unspecified atom stereocenters. The van der Waals surface area contributed by atoms with Gasteiger partial charge in [-0.2, -0.15) is 4.80 Å². The number of likely N-dealkylation sites (N-methyl/N-ethyl adjacent to an activating group) is 2. The van der Waals surface area contributed by atoms with E-state index in [1.165, 1.54) is 15.8 Å². The summed E-state index contributed by atoms with van der Waals surface area (Å²) in [5.41, 5.74) is 1.97. The van der Waals surface area contributed by atoms with E-state index in [1.807, 2.05) is 19.0 Å². The predicted octanol–water partition coefficient (Wildman–Crippen LogP) is 2.03. The van der Waals surface area contributed by atoms with Gasteiger partial charge in [0.1, 0.15) is 11.5 Å². The number of hydrogen-bond donors (Lipinski definition) is 1. The van der Waals surface area contributed by atoms with Gasteiger partial charge in [0.25, 0.3) is 0 Å². The molecule has 0 bridgehead atoms. The van der Waals surface area contributed by atoms with Crippen LogP contribution in [0.2, 0.25) is 0 Å². The molecule has 1 aromatic carbocycles. The lowest BCUT2D eigenvalue weighted by atomic mass is 10.1. The number of carbonyl (C=O) groups excluding carboxylic acids is 1. The molecule has 12 heteroatoms. The zero-order valence-corrected chi connectivity index (χ0v) is 18.7.